The van der Waals surface area contributed by atoms with Gasteiger partial charge in [-0.05, 0) is 35.6 Å². The van der Waals surface area contributed by atoms with Crippen LogP contribution in [0.3, 0.4) is 0 Å². The number of benzene rings is 1. The highest BCUT2D eigenvalue weighted by atomic mass is 16.5. The molecule has 86 valence electrons. The molecule has 0 fully saturated rings. The molecule has 0 aliphatic carbocycles. The third kappa shape index (κ3) is 1.77. The number of nitrogens with one attached hydrogen (secondary N) is 1. The average molecular weight is 219 g/mol. The zero-order chi connectivity index (χ0) is 11.8. The second-order valence-corrected chi connectivity index (χ2v) is 4.80. The summed E-state index contributed by atoms with van der Waals surface area (Å²) < 4.78 is 5.22. The fourth-order valence-corrected chi connectivity index (χ4v) is 2.13. The first kappa shape index (κ1) is 11.0. The molecule has 1 aliphatic rings. The first-order chi connectivity index (χ1) is 7.54. The van der Waals surface area contributed by atoms with Gasteiger partial charge in [-0.1, -0.05) is 13.8 Å². The van der Waals surface area contributed by atoms with Gasteiger partial charge < -0.3 is 10.1 Å². The number of fused-ring (bicyclic) bond motifs is 1. The molecule has 1 aromatic carbocycles. The molecule has 0 saturated carbocycles. The van der Waals surface area contributed by atoms with E-state index in [1.165, 1.54) is 0 Å². The third-order valence-corrected chi connectivity index (χ3v) is 3.24. The summed E-state index contributed by atoms with van der Waals surface area (Å²) in [6, 6.07) is 5.65. The fourth-order valence-electron chi connectivity index (χ4n) is 2.13. The van der Waals surface area contributed by atoms with Gasteiger partial charge in [-0.25, -0.2) is 0 Å². The van der Waals surface area contributed by atoms with Crippen LogP contribution in [0.4, 0.5) is 0 Å². The molecule has 0 saturated heterocycles. The topological polar surface area (TPSA) is 38.3 Å². The Hall–Kier alpha value is -1.51. The van der Waals surface area contributed by atoms with E-state index < -0.39 is 0 Å². The van der Waals surface area contributed by atoms with Crippen LogP contribution in [0.1, 0.15) is 36.2 Å². The van der Waals surface area contributed by atoms with Gasteiger partial charge in [0.25, 0.3) is 5.91 Å². The molecule has 0 aromatic heterocycles. The lowest BCUT2D eigenvalue weighted by atomic mass is 9.80. The summed E-state index contributed by atoms with van der Waals surface area (Å²) in [5, 5.41) is 2.91. The Labute approximate surface area is 95.8 Å². The smallest absolute Gasteiger partial charge is 0.251 e. The number of methoxy groups -OCH3 is 1. The van der Waals surface area contributed by atoms with E-state index in [-0.39, 0.29) is 11.3 Å². The summed E-state index contributed by atoms with van der Waals surface area (Å²) in [4.78, 5) is 11.8. The molecule has 0 bridgehead atoms. The lowest BCUT2D eigenvalue weighted by Gasteiger charge is -2.24. The Balaban J connectivity index is 2.58. The van der Waals surface area contributed by atoms with E-state index in [0.717, 1.165) is 29.8 Å². The second kappa shape index (κ2) is 3.81. The number of hydrogen-bond donors (Lipinski definition) is 1. The van der Waals surface area contributed by atoms with E-state index in [0.29, 0.717) is 0 Å². The van der Waals surface area contributed by atoms with Gasteiger partial charge >= 0.3 is 0 Å². The van der Waals surface area contributed by atoms with Gasteiger partial charge in [0, 0.05) is 12.1 Å². The van der Waals surface area contributed by atoms with Crippen LogP contribution in [0.5, 0.6) is 5.75 Å². The molecule has 1 aliphatic heterocycles. The Morgan fingerprint density at radius 2 is 2.12 bits per heavy atom. The fraction of sp³-hybridized carbons (Fsp3) is 0.462. The summed E-state index contributed by atoms with van der Waals surface area (Å²) in [5.41, 5.74) is 1.84. The van der Waals surface area contributed by atoms with Crippen molar-refractivity contribution in [2.75, 3.05) is 13.7 Å². The van der Waals surface area contributed by atoms with E-state index in [1.54, 1.807) is 7.11 Å². The molecule has 1 amide bonds. The Morgan fingerprint density at radius 1 is 1.38 bits per heavy atom. The second-order valence-electron chi connectivity index (χ2n) is 4.80. The van der Waals surface area contributed by atoms with Crippen LogP contribution in [0.2, 0.25) is 0 Å². The van der Waals surface area contributed by atoms with Crippen molar-refractivity contribution < 1.29 is 9.53 Å². The highest BCUT2D eigenvalue weighted by Gasteiger charge is 2.29. The molecular formula is C13H17NO2. The van der Waals surface area contributed by atoms with Crippen molar-refractivity contribution in [3.8, 4) is 5.75 Å². The van der Waals surface area contributed by atoms with Crippen LogP contribution in [0.15, 0.2) is 18.2 Å². The molecule has 0 radical (unpaired) electrons. The van der Waals surface area contributed by atoms with Crippen LogP contribution in [0.25, 0.3) is 0 Å². The molecule has 0 spiro atoms. The van der Waals surface area contributed by atoms with Crippen molar-refractivity contribution in [3.05, 3.63) is 29.3 Å². The Bertz CT molecular complexity index is 424. The van der Waals surface area contributed by atoms with E-state index in [4.69, 9.17) is 4.74 Å². The highest BCUT2D eigenvalue weighted by molar-refractivity contribution is 5.96. The minimum atomic E-state index is 0.00301. The lowest BCUT2D eigenvalue weighted by molar-refractivity contribution is 0.0956. The first-order valence-corrected chi connectivity index (χ1v) is 5.51. The lowest BCUT2D eigenvalue weighted by Crippen LogP contribution is -2.23. The molecule has 0 unspecified atom stereocenters. The monoisotopic (exact) mass is 219 g/mol. The van der Waals surface area contributed by atoms with Crippen molar-refractivity contribution in [2.24, 2.45) is 0 Å². The summed E-state index contributed by atoms with van der Waals surface area (Å²) in [6.07, 6.45) is 0.943. The molecular weight excluding hydrogens is 202 g/mol. The average Bonchev–Trinajstić information content (AvgIpc) is 2.37. The minimum Gasteiger partial charge on any atom is -0.497 e. The maximum atomic E-state index is 11.8. The van der Waals surface area contributed by atoms with Gasteiger partial charge in [0.05, 0.1) is 7.11 Å². The zero-order valence-electron chi connectivity index (χ0n) is 9.96. The molecule has 1 heterocycles. The van der Waals surface area contributed by atoms with Crippen LogP contribution >= 0.6 is 0 Å². The van der Waals surface area contributed by atoms with E-state index >= 15 is 0 Å². The molecule has 3 heteroatoms. The van der Waals surface area contributed by atoms with Crippen molar-refractivity contribution in [1.29, 1.82) is 0 Å². The molecule has 1 aromatic rings. The number of rotatable bonds is 1. The van der Waals surface area contributed by atoms with Crippen molar-refractivity contribution in [1.82, 2.24) is 5.32 Å². The Morgan fingerprint density at radius 3 is 2.81 bits per heavy atom. The molecule has 0 atom stereocenters. The van der Waals surface area contributed by atoms with Crippen molar-refractivity contribution in [2.45, 2.75) is 25.7 Å². The van der Waals surface area contributed by atoms with Crippen LogP contribution in [-0.4, -0.2) is 19.6 Å². The number of carbonyl (C=O) groups excluding carboxylic acids is 1. The van der Waals surface area contributed by atoms with Crippen LogP contribution in [0, 0.1) is 0 Å². The largest absolute Gasteiger partial charge is 0.497 e. The van der Waals surface area contributed by atoms with Gasteiger partial charge in [0.15, 0.2) is 0 Å². The van der Waals surface area contributed by atoms with Gasteiger partial charge in [-0.2, -0.15) is 0 Å². The predicted octanol–water partition coefficient (Wildman–Crippen LogP) is 2.11. The van der Waals surface area contributed by atoms with Gasteiger partial charge in [0.1, 0.15) is 5.75 Å². The summed E-state index contributed by atoms with van der Waals surface area (Å²) in [5.74, 6) is 0.824. The van der Waals surface area contributed by atoms with E-state index in [9.17, 15) is 4.79 Å². The highest BCUT2D eigenvalue weighted by Crippen LogP contribution is 2.33. The van der Waals surface area contributed by atoms with Crippen molar-refractivity contribution in [3.63, 3.8) is 0 Å². The quantitative estimate of drug-likeness (QED) is 0.785. The van der Waals surface area contributed by atoms with Crippen LogP contribution in [-0.2, 0) is 5.41 Å². The minimum absolute atomic E-state index is 0.00301. The molecule has 3 nitrogen and oxygen atoms in total. The summed E-state index contributed by atoms with van der Waals surface area (Å²) >= 11 is 0. The van der Waals surface area contributed by atoms with E-state index in [1.807, 2.05) is 18.2 Å². The standard InChI is InChI=1S/C13H17NO2/c1-13(2)6-7-14-12(15)10-5-4-9(16-3)8-11(10)13/h4-5,8H,6-7H2,1-3H3,(H,14,15). The maximum absolute atomic E-state index is 11.8. The number of amides is 1. The molecule has 1 N–H and O–H groups in total. The SMILES string of the molecule is COc1ccc2c(c1)C(C)(C)CCNC2=O. The predicted molar refractivity (Wildman–Crippen MR) is 63.0 cm³/mol. The number of ether oxygens (including phenoxy) is 1. The van der Waals surface area contributed by atoms with E-state index in [2.05, 4.69) is 19.2 Å². The molecule has 2 rings (SSSR count). The van der Waals surface area contributed by atoms with Gasteiger partial charge in [-0.3, -0.25) is 4.79 Å². The van der Waals surface area contributed by atoms with Gasteiger partial charge in [-0.15, -0.1) is 0 Å². The van der Waals surface area contributed by atoms with Gasteiger partial charge in [0.2, 0.25) is 0 Å². The zero-order valence-corrected chi connectivity index (χ0v) is 9.96. The summed E-state index contributed by atoms with van der Waals surface area (Å²) in [7, 11) is 1.64. The molecule has 16 heavy (non-hydrogen) atoms. The van der Waals surface area contributed by atoms with Crippen LogP contribution < -0.4 is 10.1 Å². The Kier molecular flexibility index (Phi) is 2.62. The normalized spacial score (nSPS) is 18.3. The first-order valence-electron chi connectivity index (χ1n) is 5.51. The number of carbonyl (C=O) groups is 1. The van der Waals surface area contributed by atoms with Crippen molar-refractivity contribution >= 4 is 5.91 Å². The number of hydrogen-bond acceptors (Lipinski definition) is 2. The summed E-state index contributed by atoms with van der Waals surface area (Å²) in [6.45, 7) is 5.04. The maximum Gasteiger partial charge on any atom is 0.251 e. The third-order valence-electron chi connectivity index (χ3n) is 3.24.